The number of rotatable bonds is 5. The molecule has 3 aromatic rings. The maximum absolute atomic E-state index is 3.51. The number of aryl methyl sites for hydroxylation is 1. The normalized spacial score (nSPS) is 10.5. The van der Waals surface area contributed by atoms with Crippen LogP contribution in [0.1, 0.15) is 38.4 Å². The van der Waals surface area contributed by atoms with Crippen molar-refractivity contribution in [2.24, 2.45) is 0 Å². The van der Waals surface area contributed by atoms with E-state index in [-0.39, 0.29) is 7.43 Å². The van der Waals surface area contributed by atoms with Crippen LogP contribution in [-0.4, -0.2) is 4.98 Å². The van der Waals surface area contributed by atoms with Gasteiger partial charge in [0.1, 0.15) is 0 Å². The average molecular weight is 281 g/mol. The van der Waals surface area contributed by atoms with Crippen LogP contribution in [0.3, 0.4) is 0 Å². The Morgan fingerprint density at radius 2 is 1.86 bits per heavy atom. The molecule has 0 spiro atoms. The van der Waals surface area contributed by atoms with Gasteiger partial charge in [-0.15, -0.1) is 0 Å². The van der Waals surface area contributed by atoms with Crippen LogP contribution in [-0.2, 0) is 13.0 Å². The van der Waals surface area contributed by atoms with Gasteiger partial charge in [0.05, 0.1) is 5.69 Å². The van der Waals surface area contributed by atoms with Crippen molar-refractivity contribution in [2.75, 3.05) is 0 Å². The first kappa shape index (κ1) is 15.3. The number of pyridine rings is 1. The van der Waals surface area contributed by atoms with Gasteiger partial charge >= 0.3 is 0 Å². The lowest BCUT2D eigenvalue weighted by Gasteiger charge is -1.99. The molecule has 2 aromatic heterocycles. The van der Waals surface area contributed by atoms with E-state index in [0.29, 0.717) is 0 Å². The van der Waals surface area contributed by atoms with Gasteiger partial charge in [0, 0.05) is 23.0 Å². The van der Waals surface area contributed by atoms with E-state index in [1.165, 1.54) is 41.4 Å². The van der Waals surface area contributed by atoms with Crippen LogP contribution in [0, 0.1) is 0 Å². The monoisotopic (exact) mass is 281 g/mol. The first-order valence-electron chi connectivity index (χ1n) is 7.40. The predicted molar refractivity (Wildman–Crippen MR) is 89.4 cm³/mol. The first-order valence-corrected chi connectivity index (χ1v) is 7.40. The van der Waals surface area contributed by atoms with Crippen LogP contribution >= 0.6 is 0 Å². The second-order valence-electron chi connectivity index (χ2n) is 5.37. The van der Waals surface area contributed by atoms with Crippen LogP contribution in [0.5, 0.6) is 0 Å². The maximum atomic E-state index is 3.51. The third-order valence-corrected chi connectivity index (χ3v) is 3.69. The summed E-state index contributed by atoms with van der Waals surface area (Å²) in [5.74, 6) is 0. The summed E-state index contributed by atoms with van der Waals surface area (Å²) in [6.45, 7) is 3.13. The molecule has 21 heavy (non-hydrogen) atoms. The molecule has 0 atom stereocenters. The lowest BCUT2D eigenvalue weighted by atomic mass is 10.1. The molecule has 0 aliphatic heterocycles. The fourth-order valence-electron chi connectivity index (χ4n) is 2.60. The molecule has 110 valence electrons. The highest BCUT2D eigenvalue weighted by molar-refractivity contribution is 5.81. The molecule has 0 radical (unpaired) electrons. The summed E-state index contributed by atoms with van der Waals surface area (Å²) >= 11 is 0. The summed E-state index contributed by atoms with van der Waals surface area (Å²) in [7, 11) is 0. The number of nitrogens with one attached hydrogen (secondary N) is 1. The molecule has 2 heterocycles. The molecule has 2 nitrogen and oxygen atoms in total. The maximum Gasteiger partial charge on any atom is 0.188 e. The van der Waals surface area contributed by atoms with Crippen LogP contribution in [0.4, 0.5) is 0 Å². The number of hydrogen-bond donors (Lipinski definition) is 1. The van der Waals surface area contributed by atoms with Gasteiger partial charge in [0.25, 0.3) is 0 Å². The third-order valence-electron chi connectivity index (χ3n) is 3.69. The molecule has 2 heteroatoms. The molecule has 0 saturated carbocycles. The largest absolute Gasteiger partial charge is 0.353 e. The number of fused-ring (bicyclic) bond motifs is 1. The Hall–Kier alpha value is -2.09. The lowest BCUT2D eigenvalue weighted by Crippen LogP contribution is -2.32. The van der Waals surface area contributed by atoms with E-state index in [9.17, 15) is 0 Å². The van der Waals surface area contributed by atoms with Gasteiger partial charge in [-0.2, -0.15) is 4.57 Å². The summed E-state index contributed by atoms with van der Waals surface area (Å²) in [6.07, 6.45) is 7.89. The molecule has 0 fully saturated rings. The van der Waals surface area contributed by atoms with Gasteiger partial charge in [-0.25, -0.2) is 0 Å². The van der Waals surface area contributed by atoms with Crippen molar-refractivity contribution < 1.29 is 4.57 Å². The number of H-pyrrole nitrogens is 1. The Morgan fingerprint density at radius 1 is 1.05 bits per heavy atom. The van der Waals surface area contributed by atoms with Gasteiger partial charge in [-0.3, -0.25) is 0 Å². The minimum Gasteiger partial charge on any atom is -0.353 e. The summed E-state index contributed by atoms with van der Waals surface area (Å²) in [4.78, 5) is 3.51. The molecule has 0 amide bonds. The Balaban J connectivity index is 0.00000161. The Labute approximate surface area is 127 Å². The lowest BCUT2D eigenvalue weighted by molar-refractivity contribution is -0.688. The van der Waals surface area contributed by atoms with Crippen molar-refractivity contribution in [1.29, 1.82) is 0 Å². The predicted octanol–water partition coefficient (Wildman–Crippen LogP) is 4.48. The number of hydrogen-bond acceptors (Lipinski definition) is 0. The molecule has 0 aliphatic carbocycles. The van der Waals surface area contributed by atoms with Gasteiger partial charge in [-0.05, 0) is 36.6 Å². The topological polar surface area (TPSA) is 19.7 Å². The van der Waals surface area contributed by atoms with E-state index in [4.69, 9.17) is 0 Å². The molecule has 0 aliphatic rings. The van der Waals surface area contributed by atoms with Gasteiger partial charge < -0.3 is 4.98 Å². The zero-order valence-electron chi connectivity index (χ0n) is 12.0. The fraction of sp³-hybridized carbons (Fsp3) is 0.316. The molecule has 0 bridgehead atoms. The van der Waals surface area contributed by atoms with Gasteiger partial charge in [-0.1, -0.05) is 32.9 Å². The summed E-state index contributed by atoms with van der Waals surface area (Å²) in [6, 6.07) is 15.2. The minimum absolute atomic E-state index is 0. The number of nitrogens with zero attached hydrogens (tertiary/aromatic N) is 1. The van der Waals surface area contributed by atoms with Crippen molar-refractivity contribution in [2.45, 2.75) is 40.2 Å². The first-order chi connectivity index (χ1) is 9.85. The molecule has 0 saturated heterocycles. The Bertz CT molecular complexity index is 683. The van der Waals surface area contributed by atoms with E-state index in [1.807, 2.05) is 6.07 Å². The van der Waals surface area contributed by atoms with Crippen LogP contribution < -0.4 is 4.57 Å². The van der Waals surface area contributed by atoms with Crippen LogP contribution in [0.2, 0.25) is 0 Å². The molecular weight excluding hydrogens is 256 g/mol. The van der Waals surface area contributed by atoms with E-state index >= 15 is 0 Å². The smallest absolute Gasteiger partial charge is 0.188 e. The average Bonchev–Trinajstić information content (AvgIpc) is 2.87. The third kappa shape index (κ3) is 3.72. The minimum atomic E-state index is 0. The highest BCUT2D eigenvalue weighted by Gasteiger charge is 2.06. The van der Waals surface area contributed by atoms with Crippen molar-refractivity contribution in [3.63, 3.8) is 0 Å². The fourth-order valence-corrected chi connectivity index (χ4v) is 2.60. The summed E-state index contributed by atoms with van der Waals surface area (Å²) in [5, 5.41) is 1.32. The number of aromatic nitrogens is 2. The zero-order valence-corrected chi connectivity index (χ0v) is 12.0. The SMILES string of the molecule is C.CCCCc1ccc2[nH]c(C[n+]3ccccc3)cc2c1. The Kier molecular flexibility index (Phi) is 5.15. The summed E-state index contributed by atoms with van der Waals surface area (Å²) < 4.78 is 2.18. The van der Waals surface area contributed by atoms with Crippen molar-refractivity contribution in [3.8, 4) is 0 Å². The van der Waals surface area contributed by atoms with Crippen molar-refractivity contribution in [3.05, 3.63) is 66.1 Å². The molecule has 1 aromatic carbocycles. The molecular formula is C19H25N2+. The molecule has 0 unspecified atom stereocenters. The van der Waals surface area contributed by atoms with Gasteiger partial charge in [0.15, 0.2) is 18.9 Å². The second kappa shape index (κ2) is 7.07. The highest BCUT2D eigenvalue weighted by Crippen LogP contribution is 2.18. The van der Waals surface area contributed by atoms with Crippen LogP contribution in [0.25, 0.3) is 10.9 Å². The molecule has 3 rings (SSSR count). The number of benzene rings is 1. The molecule has 1 N–H and O–H groups in total. The van der Waals surface area contributed by atoms with Crippen molar-refractivity contribution in [1.82, 2.24) is 4.98 Å². The number of unbranched alkanes of at least 4 members (excludes halogenated alkanes) is 1. The summed E-state index contributed by atoms with van der Waals surface area (Å²) in [5.41, 5.74) is 3.93. The van der Waals surface area contributed by atoms with Gasteiger partial charge in [0.2, 0.25) is 0 Å². The highest BCUT2D eigenvalue weighted by atomic mass is 14.9. The van der Waals surface area contributed by atoms with Crippen LogP contribution in [0.15, 0.2) is 54.9 Å². The zero-order chi connectivity index (χ0) is 13.8. The van der Waals surface area contributed by atoms with E-state index in [2.05, 4.69) is 65.3 Å². The van der Waals surface area contributed by atoms with E-state index in [0.717, 1.165) is 6.54 Å². The van der Waals surface area contributed by atoms with Crippen molar-refractivity contribution >= 4 is 10.9 Å². The van der Waals surface area contributed by atoms with E-state index < -0.39 is 0 Å². The second-order valence-corrected chi connectivity index (χ2v) is 5.37. The quantitative estimate of drug-likeness (QED) is 0.665. The van der Waals surface area contributed by atoms with E-state index in [1.54, 1.807) is 0 Å². The number of aromatic amines is 1. The Morgan fingerprint density at radius 3 is 2.62 bits per heavy atom. The standard InChI is InChI=1S/C18H21N2.CH4/c1-2-3-7-15-8-9-18-16(12-15)13-17(19-18)14-20-10-5-4-6-11-20;/h4-6,8-13,19H,2-3,7,14H2,1H3;1H4/q+1;.